The van der Waals surface area contributed by atoms with Gasteiger partial charge in [0.15, 0.2) is 6.61 Å². The molecule has 0 radical (unpaired) electrons. The van der Waals surface area contributed by atoms with Crippen LogP contribution in [-0.4, -0.2) is 49.4 Å². The highest BCUT2D eigenvalue weighted by Gasteiger charge is 2.17. The van der Waals surface area contributed by atoms with Crippen LogP contribution in [0.1, 0.15) is 95.0 Å². The van der Waals surface area contributed by atoms with Crippen LogP contribution in [0.25, 0.3) is 0 Å². The maximum atomic E-state index is 12.0. The minimum Gasteiger partial charge on any atom is -0.465 e. The van der Waals surface area contributed by atoms with E-state index in [-0.39, 0.29) is 24.0 Å². The predicted octanol–water partition coefficient (Wildman–Crippen LogP) is 5.17. The molecule has 0 aliphatic heterocycles. The van der Waals surface area contributed by atoms with Crippen LogP contribution in [0.5, 0.6) is 5.95 Å². The predicted molar refractivity (Wildman–Crippen MR) is 119 cm³/mol. The molecular formula is C24H39NO6. The molecule has 1 aromatic rings. The van der Waals surface area contributed by atoms with Crippen LogP contribution in [0.15, 0.2) is 16.5 Å². The molecule has 0 saturated carbocycles. The smallest absolute Gasteiger partial charge is 0.374 e. The molecule has 0 aliphatic carbocycles. The van der Waals surface area contributed by atoms with Gasteiger partial charge >= 0.3 is 5.97 Å². The lowest BCUT2D eigenvalue weighted by Crippen LogP contribution is -2.34. The first kappa shape index (κ1) is 26.7. The minimum absolute atomic E-state index is 0.0176. The van der Waals surface area contributed by atoms with Gasteiger partial charge in [0.2, 0.25) is 5.76 Å². The van der Waals surface area contributed by atoms with E-state index in [2.05, 4.69) is 6.92 Å². The van der Waals surface area contributed by atoms with Gasteiger partial charge in [-0.3, -0.25) is 9.59 Å². The van der Waals surface area contributed by atoms with E-state index in [4.69, 9.17) is 13.9 Å². The Morgan fingerprint density at radius 1 is 0.903 bits per heavy atom. The van der Waals surface area contributed by atoms with E-state index in [1.54, 1.807) is 6.07 Å². The highest BCUT2D eigenvalue weighted by molar-refractivity contribution is 5.90. The fourth-order valence-corrected chi connectivity index (χ4v) is 3.18. The van der Waals surface area contributed by atoms with Crippen molar-refractivity contribution in [2.45, 2.75) is 84.5 Å². The summed E-state index contributed by atoms with van der Waals surface area (Å²) >= 11 is 0. The van der Waals surface area contributed by atoms with Crippen LogP contribution in [0.3, 0.4) is 0 Å². The van der Waals surface area contributed by atoms with E-state index in [1.165, 1.54) is 82.7 Å². The Morgan fingerprint density at radius 2 is 1.48 bits per heavy atom. The molecule has 0 atom stereocenters. The van der Waals surface area contributed by atoms with E-state index in [9.17, 15) is 14.4 Å². The summed E-state index contributed by atoms with van der Waals surface area (Å²) < 4.78 is 15.8. The Labute approximate surface area is 186 Å². The first-order valence-corrected chi connectivity index (χ1v) is 11.6. The van der Waals surface area contributed by atoms with Gasteiger partial charge in [-0.15, -0.1) is 0 Å². The molecule has 0 fully saturated rings. The largest absolute Gasteiger partial charge is 0.465 e. The lowest BCUT2D eigenvalue weighted by molar-refractivity contribution is -0.136. The summed E-state index contributed by atoms with van der Waals surface area (Å²) in [4.78, 5) is 36.0. The Hall–Kier alpha value is -2.31. The number of nitrogens with zero attached hydrogens (tertiary/aromatic N) is 1. The number of hydrogen-bond donors (Lipinski definition) is 0. The summed E-state index contributed by atoms with van der Waals surface area (Å²) in [5.41, 5.74) is 0. The van der Waals surface area contributed by atoms with Crippen molar-refractivity contribution in [3.63, 3.8) is 0 Å². The van der Waals surface area contributed by atoms with Crippen molar-refractivity contribution < 1.29 is 28.3 Å². The number of likely N-dealkylation sites (N-methyl/N-ethyl adjacent to an activating group) is 1. The van der Waals surface area contributed by atoms with Gasteiger partial charge in [-0.2, -0.15) is 0 Å². The number of rotatable bonds is 18. The molecule has 0 aliphatic rings. The summed E-state index contributed by atoms with van der Waals surface area (Å²) in [6, 6.07) is 3.03. The average molecular weight is 438 g/mol. The molecule has 0 unspecified atom stereocenters. The van der Waals surface area contributed by atoms with Gasteiger partial charge in [-0.05, 0) is 19.4 Å². The Morgan fingerprint density at radius 3 is 2.06 bits per heavy atom. The lowest BCUT2D eigenvalue weighted by Gasteiger charge is -2.14. The maximum Gasteiger partial charge on any atom is 0.374 e. The average Bonchev–Trinajstić information content (AvgIpc) is 3.21. The van der Waals surface area contributed by atoms with Gasteiger partial charge < -0.3 is 18.8 Å². The van der Waals surface area contributed by atoms with Crippen molar-refractivity contribution in [2.24, 2.45) is 0 Å². The van der Waals surface area contributed by atoms with Crippen molar-refractivity contribution in [1.29, 1.82) is 0 Å². The van der Waals surface area contributed by atoms with Gasteiger partial charge in [0, 0.05) is 13.1 Å². The molecule has 1 rings (SSSR count). The normalized spacial score (nSPS) is 10.7. The van der Waals surface area contributed by atoms with Crippen LogP contribution in [0.4, 0.5) is 0 Å². The highest BCUT2D eigenvalue weighted by Crippen LogP contribution is 2.18. The molecule has 7 nitrogen and oxygen atoms in total. The molecule has 0 spiro atoms. The van der Waals surface area contributed by atoms with Crippen molar-refractivity contribution >= 4 is 17.7 Å². The summed E-state index contributed by atoms with van der Waals surface area (Å²) in [6.07, 6.45) is 13.9. The second kappa shape index (κ2) is 16.4. The monoisotopic (exact) mass is 437 g/mol. The zero-order valence-corrected chi connectivity index (χ0v) is 19.5. The maximum absolute atomic E-state index is 12.0. The van der Waals surface area contributed by atoms with Crippen LogP contribution < -0.4 is 4.74 Å². The SMILES string of the molecule is CCCCCCCCCCCCCOc1ccc(C(=O)OCC(=O)N(C)CC(C)=O)o1. The number of carbonyl (C=O) groups is 3. The van der Waals surface area contributed by atoms with Crippen LogP contribution in [-0.2, 0) is 14.3 Å². The zero-order chi connectivity index (χ0) is 22.9. The van der Waals surface area contributed by atoms with Crippen molar-refractivity contribution in [3.05, 3.63) is 17.9 Å². The quantitative estimate of drug-likeness (QED) is 0.232. The third-order valence-electron chi connectivity index (χ3n) is 4.99. The van der Waals surface area contributed by atoms with Crippen LogP contribution in [0.2, 0.25) is 0 Å². The third kappa shape index (κ3) is 12.9. The van der Waals surface area contributed by atoms with Crippen molar-refractivity contribution in [3.8, 4) is 5.95 Å². The number of Topliss-reactive ketones (excluding diaryl/α,β-unsaturated/α-hetero) is 1. The number of ether oxygens (including phenoxy) is 2. The molecule has 0 bridgehead atoms. The highest BCUT2D eigenvalue weighted by atomic mass is 16.6. The fraction of sp³-hybridized carbons (Fsp3) is 0.708. The van der Waals surface area contributed by atoms with Crippen molar-refractivity contribution in [2.75, 3.05) is 26.8 Å². The number of esters is 1. The molecule has 176 valence electrons. The summed E-state index contributed by atoms with van der Waals surface area (Å²) in [5, 5.41) is 0. The number of carbonyl (C=O) groups excluding carboxylic acids is 3. The first-order chi connectivity index (χ1) is 14.9. The first-order valence-electron chi connectivity index (χ1n) is 11.6. The molecule has 31 heavy (non-hydrogen) atoms. The van der Waals surface area contributed by atoms with E-state index in [1.807, 2.05) is 0 Å². The summed E-state index contributed by atoms with van der Waals surface area (Å²) in [5.74, 6) is -1.10. The molecule has 1 amide bonds. The van der Waals surface area contributed by atoms with E-state index in [0.717, 1.165) is 12.8 Å². The molecule has 0 aromatic carbocycles. The number of furan rings is 1. The van der Waals surface area contributed by atoms with Gasteiger partial charge in [-0.1, -0.05) is 71.1 Å². The van der Waals surface area contributed by atoms with Crippen LogP contribution >= 0.6 is 0 Å². The number of unbranched alkanes of at least 4 members (excludes halogenated alkanes) is 10. The van der Waals surface area contributed by atoms with Gasteiger partial charge in [0.25, 0.3) is 11.9 Å². The van der Waals surface area contributed by atoms with E-state index in [0.29, 0.717) is 6.61 Å². The topological polar surface area (TPSA) is 86.0 Å². The summed E-state index contributed by atoms with van der Waals surface area (Å²) in [7, 11) is 1.48. The zero-order valence-electron chi connectivity index (χ0n) is 19.5. The fourth-order valence-electron chi connectivity index (χ4n) is 3.18. The second-order valence-electron chi connectivity index (χ2n) is 8.03. The summed E-state index contributed by atoms with van der Waals surface area (Å²) in [6.45, 7) is 3.70. The molecule has 1 heterocycles. The second-order valence-corrected chi connectivity index (χ2v) is 8.03. The van der Waals surface area contributed by atoms with Crippen LogP contribution in [0, 0.1) is 0 Å². The van der Waals surface area contributed by atoms with Crippen molar-refractivity contribution in [1.82, 2.24) is 4.90 Å². The van der Waals surface area contributed by atoms with Gasteiger partial charge in [0.05, 0.1) is 13.2 Å². The Kier molecular flexibility index (Phi) is 14.1. The minimum atomic E-state index is -0.742. The molecular weight excluding hydrogens is 398 g/mol. The third-order valence-corrected chi connectivity index (χ3v) is 4.99. The van der Waals surface area contributed by atoms with Gasteiger partial charge in [0.1, 0.15) is 5.78 Å². The molecule has 7 heteroatoms. The molecule has 0 N–H and O–H groups in total. The molecule has 0 saturated heterocycles. The van der Waals surface area contributed by atoms with E-state index < -0.39 is 18.5 Å². The Bertz CT molecular complexity index is 654. The number of amides is 1. The molecule has 1 aromatic heterocycles. The lowest BCUT2D eigenvalue weighted by atomic mass is 10.1. The van der Waals surface area contributed by atoms with Gasteiger partial charge in [-0.25, -0.2) is 4.79 Å². The standard InChI is InChI=1S/C24H39NO6/c1-4-5-6-7-8-9-10-11-12-13-14-17-29-23-16-15-21(31-23)24(28)30-19-22(27)25(3)18-20(2)26/h15-16H,4-14,17-19H2,1-3H3. The number of ketones is 1. The van der Waals surface area contributed by atoms with E-state index >= 15 is 0 Å². The number of hydrogen-bond acceptors (Lipinski definition) is 6. The Balaban J connectivity index is 2.10.